The van der Waals surface area contributed by atoms with Crippen LogP contribution in [0, 0.1) is 18.3 Å². The van der Waals surface area contributed by atoms with E-state index in [1.165, 1.54) is 4.90 Å². The molecule has 1 amide bonds. The first-order chi connectivity index (χ1) is 7.93. The van der Waals surface area contributed by atoms with Crippen LogP contribution in [0.3, 0.4) is 0 Å². The Morgan fingerprint density at radius 3 is 2.82 bits per heavy atom. The number of amides is 1. The zero-order chi connectivity index (χ0) is 12.9. The second kappa shape index (κ2) is 5.92. The molecule has 0 aliphatic carbocycles. The molecule has 1 atom stereocenters. The molecule has 0 aromatic carbocycles. The topological polar surface area (TPSA) is 32.3 Å². The molecular formula is C11H15F3N2O. The van der Waals surface area contributed by atoms with Crippen LogP contribution in [0.1, 0.15) is 12.8 Å². The van der Waals surface area contributed by atoms with Gasteiger partial charge in [-0.15, -0.1) is 6.42 Å². The molecule has 1 fully saturated rings. The van der Waals surface area contributed by atoms with Gasteiger partial charge in [0.2, 0.25) is 5.91 Å². The van der Waals surface area contributed by atoms with E-state index in [-0.39, 0.29) is 32.0 Å². The first kappa shape index (κ1) is 13.8. The monoisotopic (exact) mass is 248 g/mol. The fraction of sp³-hybridized carbons (Fsp3) is 0.727. The van der Waals surface area contributed by atoms with E-state index in [0.717, 1.165) is 0 Å². The number of halogens is 3. The number of carbonyl (C=O) groups excluding carboxylic acids is 1. The second-order valence-corrected chi connectivity index (χ2v) is 4.10. The van der Waals surface area contributed by atoms with Crippen molar-refractivity contribution in [3.63, 3.8) is 0 Å². The minimum Gasteiger partial charge on any atom is -0.344 e. The van der Waals surface area contributed by atoms with Gasteiger partial charge in [0.05, 0.1) is 19.0 Å². The number of hydrogen-bond donors (Lipinski definition) is 1. The average molecular weight is 248 g/mol. The van der Waals surface area contributed by atoms with Gasteiger partial charge in [-0.3, -0.25) is 9.69 Å². The maximum absolute atomic E-state index is 12.5. The van der Waals surface area contributed by atoms with Crippen molar-refractivity contribution >= 4 is 5.91 Å². The summed E-state index contributed by atoms with van der Waals surface area (Å²) in [5, 5.41) is 2.44. The highest BCUT2D eigenvalue weighted by atomic mass is 19.4. The first-order valence-corrected chi connectivity index (χ1v) is 5.42. The van der Waals surface area contributed by atoms with Crippen LogP contribution in [0.4, 0.5) is 13.2 Å². The Hall–Kier alpha value is -1.22. The number of likely N-dealkylation sites (tertiary alicyclic amines) is 1. The van der Waals surface area contributed by atoms with Gasteiger partial charge >= 0.3 is 6.18 Å². The summed E-state index contributed by atoms with van der Waals surface area (Å²) >= 11 is 0. The van der Waals surface area contributed by atoms with E-state index in [1.54, 1.807) is 0 Å². The van der Waals surface area contributed by atoms with E-state index in [1.807, 2.05) is 0 Å². The van der Waals surface area contributed by atoms with Gasteiger partial charge in [0, 0.05) is 6.54 Å². The number of nitrogens with zero attached hydrogens (tertiary/aromatic N) is 1. The standard InChI is InChI=1S/C11H15F3N2O/c1-2-5-15-10(17)8-16-6-3-4-9(7-16)11(12,13)14/h1,9H,3-8H2,(H,15,17). The molecule has 1 rings (SSSR count). The summed E-state index contributed by atoms with van der Waals surface area (Å²) in [6.07, 6.45) is 1.40. The molecule has 1 N–H and O–H groups in total. The number of nitrogens with one attached hydrogen (secondary N) is 1. The lowest BCUT2D eigenvalue weighted by Gasteiger charge is -2.33. The zero-order valence-electron chi connectivity index (χ0n) is 9.39. The lowest BCUT2D eigenvalue weighted by Crippen LogP contribution is -2.46. The lowest BCUT2D eigenvalue weighted by molar-refractivity contribution is -0.187. The van der Waals surface area contributed by atoms with Gasteiger partial charge in [-0.2, -0.15) is 13.2 Å². The largest absolute Gasteiger partial charge is 0.393 e. The smallest absolute Gasteiger partial charge is 0.344 e. The Bertz CT molecular complexity index is 309. The van der Waals surface area contributed by atoms with Gasteiger partial charge in [0.1, 0.15) is 0 Å². The summed E-state index contributed by atoms with van der Waals surface area (Å²) in [7, 11) is 0. The Morgan fingerprint density at radius 2 is 2.24 bits per heavy atom. The molecule has 0 aromatic rings. The molecule has 17 heavy (non-hydrogen) atoms. The van der Waals surface area contributed by atoms with Gasteiger partial charge < -0.3 is 5.32 Å². The maximum Gasteiger partial charge on any atom is 0.393 e. The van der Waals surface area contributed by atoms with Gasteiger partial charge in [0.25, 0.3) is 0 Å². The molecule has 96 valence electrons. The third kappa shape index (κ3) is 4.65. The SMILES string of the molecule is C#CCNC(=O)CN1CCCC(C(F)(F)F)C1. The van der Waals surface area contributed by atoms with Crippen LogP contribution < -0.4 is 5.32 Å². The van der Waals surface area contributed by atoms with Crippen molar-refractivity contribution in [2.75, 3.05) is 26.2 Å². The van der Waals surface area contributed by atoms with Gasteiger partial charge in [-0.25, -0.2) is 0 Å². The molecule has 6 heteroatoms. The molecule has 0 bridgehead atoms. The van der Waals surface area contributed by atoms with E-state index < -0.39 is 12.1 Å². The number of piperidine rings is 1. The van der Waals surface area contributed by atoms with Crippen LogP contribution in [0.25, 0.3) is 0 Å². The molecule has 3 nitrogen and oxygen atoms in total. The first-order valence-electron chi connectivity index (χ1n) is 5.42. The van der Waals surface area contributed by atoms with Crippen LogP contribution >= 0.6 is 0 Å². The van der Waals surface area contributed by atoms with E-state index in [9.17, 15) is 18.0 Å². The van der Waals surface area contributed by atoms with Crippen LogP contribution in [-0.4, -0.2) is 43.2 Å². The quantitative estimate of drug-likeness (QED) is 0.756. The summed E-state index contributed by atoms with van der Waals surface area (Å²) in [4.78, 5) is 12.8. The van der Waals surface area contributed by atoms with Crippen LogP contribution in [0.2, 0.25) is 0 Å². The van der Waals surface area contributed by atoms with E-state index >= 15 is 0 Å². The number of alkyl halides is 3. The molecule has 0 saturated carbocycles. The Kier molecular flexibility index (Phi) is 4.82. The van der Waals surface area contributed by atoms with Crippen LogP contribution in [0.5, 0.6) is 0 Å². The molecule has 1 aliphatic heterocycles. The van der Waals surface area contributed by atoms with Gasteiger partial charge in [-0.05, 0) is 19.4 Å². The summed E-state index contributed by atoms with van der Waals surface area (Å²) in [6.45, 7) is 0.507. The van der Waals surface area contributed by atoms with Gasteiger partial charge in [-0.1, -0.05) is 5.92 Å². The Labute approximate surface area is 98.3 Å². The fourth-order valence-corrected chi connectivity index (χ4v) is 1.87. The molecule has 0 spiro atoms. The zero-order valence-corrected chi connectivity index (χ0v) is 9.39. The van der Waals surface area contributed by atoms with E-state index in [4.69, 9.17) is 6.42 Å². The third-order valence-electron chi connectivity index (χ3n) is 2.72. The molecule has 1 saturated heterocycles. The van der Waals surface area contributed by atoms with Crippen molar-refractivity contribution < 1.29 is 18.0 Å². The van der Waals surface area contributed by atoms with Crippen molar-refractivity contribution in [1.29, 1.82) is 0 Å². The summed E-state index contributed by atoms with van der Waals surface area (Å²) in [6, 6.07) is 0. The highest BCUT2D eigenvalue weighted by Gasteiger charge is 2.41. The normalized spacial score (nSPS) is 21.9. The summed E-state index contributed by atoms with van der Waals surface area (Å²) < 4.78 is 37.5. The maximum atomic E-state index is 12.5. The molecular weight excluding hydrogens is 233 g/mol. The van der Waals surface area contributed by atoms with Crippen molar-refractivity contribution in [3.05, 3.63) is 0 Å². The minimum absolute atomic E-state index is 0.0196. The summed E-state index contributed by atoms with van der Waals surface area (Å²) in [5.74, 6) is 0.588. The molecule has 1 aliphatic rings. The molecule has 1 heterocycles. The Morgan fingerprint density at radius 1 is 1.53 bits per heavy atom. The van der Waals surface area contributed by atoms with Crippen molar-refractivity contribution in [2.45, 2.75) is 19.0 Å². The summed E-state index contributed by atoms with van der Waals surface area (Å²) in [5.41, 5.74) is 0. The van der Waals surface area contributed by atoms with Crippen molar-refractivity contribution in [2.24, 2.45) is 5.92 Å². The average Bonchev–Trinajstić information content (AvgIpc) is 2.25. The highest BCUT2D eigenvalue weighted by molar-refractivity contribution is 5.78. The number of hydrogen-bond acceptors (Lipinski definition) is 2. The van der Waals surface area contributed by atoms with Crippen LogP contribution in [0.15, 0.2) is 0 Å². The molecule has 1 unspecified atom stereocenters. The number of rotatable bonds is 3. The predicted molar refractivity (Wildman–Crippen MR) is 57.1 cm³/mol. The number of carbonyl (C=O) groups is 1. The second-order valence-electron chi connectivity index (χ2n) is 4.10. The van der Waals surface area contributed by atoms with Crippen molar-refractivity contribution in [1.82, 2.24) is 10.2 Å². The van der Waals surface area contributed by atoms with E-state index in [0.29, 0.717) is 13.0 Å². The fourth-order valence-electron chi connectivity index (χ4n) is 1.87. The Balaban J connectivity index is 2.40. The van der Waals surface area contributed by atoms with Crippen molar-refractivity contribution in [3.8, 4) is 12.3 Å². The van der Waals surface area contributed by atoms with Crippen LogP contribution in [-0.2, 0) is 4.79 Å². The van der Waals surface area contributed by atoms with Gasteiger partial charge in [0.15, 0.2) is 0 Å². The predicted octanol–water partition coefficient (Wildman–Crippen LogP) is 1.01. The highest BCUT2D eigenvalue weighted by Crippen LogP contribution is 2.32. The molecule has 0 aromatic heterocycles. The van der Waals surface area contributed by atoms with E-state index in [2.05, 4.69) is 11.2 Å². The molecule has 0 radical (unpaired) electrons. The lowest BCUT2D eigenvalue weighted by atomic mass is 9.97. The third-order valence-corrected chi connectivity index (χ3v) is 2.72. The number of terminal acetylenes is 1. The minimum atomic E-state index is -4.17.